The van der Waals surface area contributed by atoms with E-state index in [0.29, 0.717) is 12.8 Å². The fraction of sp³-hybridized carbons (Fsp3) is 0.846. The Morgan fingerprint density at radius 1 is 1.30 bits per heavy atom. The Labute approximate surface area is 124 Å². The number of rotatable bonds is 4. The molecule has 116 valence electrons. The number of carbonyl (C=O) groups excluding carboxylic acids is 2. The van der Waals surface area contributed by atoms with Gasteiger partial charge in [0.2, 0.25) is 0 Å². The lowest BCUT2D eigenvalue weighted by atomic mass is 9.85. The van der Waals surface area contributed by atoms with E-state index in [1.807, 2.05) is 0 Å². The summed E-state index contributed by atoms with van der Waals surface area (Å²) in [7, 11) is 0. The van der Waals surface area contributed by atoms with Crippen molar-refractivity contribution in [2.45, 2.75) is 51.2 Å². The first-order chi connectivity index (χ1) is 9.26. The van der Waals surface area contributed by atoms with E-state index in [0.717, 1.165) is 13.1 Å². The van der Waals surface area contributed by atoms with Gasteiger partial charge in [-0.15, -0.1) is 0 Å². The fourth-order valence-corrected chi connectivity index (χ4v) is 2.28. The van der Waals surface area contributed by atoms with E-state index in [1.54, 1.807) is 20.8 Å². The van der Waals surface area contributed by atoms with E-state index in [4.69, 9.17) is 21.1 Å². The Morgan fingerprint density at radius 3 is 2.40 bits per heavy atom. The largest absolute Gasteiger partial charge is 0.449 e. The van der Waals surface area contributed by atoms with Crippen LogP contribution in [0.5, 0.6) is 0 Å². The summed E-state index contributed by atoms with van der Waals surface area (Å²) in [6.07, 6.45) is 0.867. The van der Waals surface area contributed by atoms with Crippen LogP contribution >= 0.6 is 11.6 Å². The molecule has 6 nitrogen and oxygen atoms in total. The van der Waals surface area contributed by atoms with Crippen LogP contribution in [0, 0.1) is 0 Å². The van der Waals surface area contributed by atoms with Gasteiger partial charge in [-0.05, 0) is 46.7 Å². The molecule has 1 rings (SSSR count). The summed E-state index contributed by atoms with van der Waals surface area (Å²) in [4.78, 5) is 23.6. The SMILES string of the molecule is CC(C)(C)OC(=O)NC1(CC(=O)OCCl)CCNCC1. The van der Waals surface area contributed by atoms with Crippen LogP contribution in [0.1, 0.15) is 40.0 Å². The van der Waals surface area contributed by atoms with Crippen LogP contribution in [-0.2, 0) is 14.3 Å². The van der Waals surface area contributed by atoms with Gasteiger partial charge in [0, 0.05) is 0 Å². The number of nitrogens with one attached hydrogen (secondary N) is 2. The van der Waals surface area contributed by atoms with Crippen LogP contribution in [0.2, 0.25) is 0 Å². The molecule has 1 saturated heterocycles. The molecule has 1 fully saturated rings. The molecule has 0 aromatic heterocycles. The molecular weight excluding hydrogens is 284 g/mol. The molecule has 0 bridgehead atoms. The number of amides is 1. The molecule has 0 aromatic rings. The minimum Gasteiger partial charge on any atom is -0.449 e. The first-order valence-electron chi connectivity index (χ1n) is 6.70. The molecule has 2 N–H and O–H groups in total. The highest BCUT2D eigenvalue weighted by Gasteiger charge is 2.37. The number of alkyl halides is 1. The van der Waals surface area contributed by atoms with Crippen LogP contribution in [0.25, 0.3) is 0 Å². The first kappa shape index (κ1) is 17.0. The molecular formula is C13H23ClN2O4. The van der Waals surface area contributed by atoms with E-state index in [1.165, 1.54) is 0 Å². The normalized spacial score (nSPS) is 18.2. The van der Waals surface area contributed by atoms with Gasteiger partial charge in [0.1, 0.15) is 5.60 Å². The third-order valence-corrected chi connectivity index (χ3v) is 3.13. The predicted octanol–water partition coefficient (Wildman–Crippen LogP) is 1.76. The van der Waals surface area contributed by atoms with Gasteiger partial charge in [-0.1, -0.05) is 11.6 Å². The fourth-order valence-electron chi connectivity index (χ4n) is 2.16. The molecule has 0 aromatic carbocycles. The Hall–Kier alpha value is -1.01. The Morgan fingerprint density at radius 2 is 1.90 bits per heavy atom. The zero-order valence-electron chi connectivity index (χ0n) is 12.3. The molecule has 0 aliphatic carbocycles. The van der Waals surface area contributed by atoms with Crippen LogP contribution in [0.15, 0.2) is 0 Å². The molecule has 1 amide bonds. The number of halogens is 1. The monoisotopic (exact) mass is 306 g/mol. The van der Waals surface area contributed by atoms with Crippen molar-refractivity contribution in [2.75, 3.05) is 19.2 Å². The van der Waals surface area contributed by atoms with Gasteiger partial charge in [-0.2, -0.15) is 0 Å². The quantitative estimate of drug-likeness (QED) is 0.611. The lowest BCUT2D eigenvalue weighted by Crippen LogP contribution is -2.56. The Bertz CT molecular complexity index is 349. The van der Waals surface area contributed by atoms with Crippen molar-refractivity contribution < 1.29 is 19.1 Å². The second-order valence-corrected chi connectivity index (χ2v) is 6.18. The minimum absolute atomic E-state index is 0.0979. The van der Waals surface area contributed by atoms with Gasteiger partial charge in [0.25, 0.3) is 0 Å². The standard InChI is InChI=1S/C13H23ClN2O4/c1-12(2,3)20-11(18)16-13(4-6-15-7-5-13)8-10(17)19-9-14/h15H,4-9H2,1-3H3,(H,16,18). The molecule has 0 radical (unpaired) electrons. The summed E-state index contributed by atoms with van der Waals surface area (Å²) in [5.41, 5.74) is -1.20. The van der Waals surface area contributed by atoms with Crippen LogP contribution < -0.4 is 10.6 Å². The third kappa shape index (κ3) is 5.96. The molecule has 0 saturated carbocycles. The maximum Gasteiger partial charge on any atom is 0.408 e. The summed E-state index contributed by atoms with van der Waals surface area (Å²) in [5.74, 6) is -0.419. The van der Waals surface area contributed by atoms with Crippen molar-refractivity contribution in [3.63, 3.8) is 0 Å². The molecule has 1 aliphatic heterocycles. The second kappa shape index (κ2) is 7.13. The number of hydrogen-bond donors (Lipinski definition) is 2. The molecule has 0 atom stereocenters. The summed E-state index contributed by atoms with van der Waals surface area (Å²) < 4.78 is 10.0. The summed E-state index contributed by atoms with van der Waals surface area (Å²) >= 11 is 5.38. The highest BCUT2D eigenvalue weighted by molar-refractivity contribution is 6.17. The van der Waals surface area contributed by atoms with Crippen molar-refractivity contribution in [3.8, 4) is 0 Å². The van der Waals surface area contributed by atoms with Gasteiger partial charge in [0.05, 0.1) is 12.0 Å². The van der Waals surface area contributed by atoms with Crippen molar-refractivity contribution in [2.24, 2.45) is 0 Å². The average Bonchev–Trinajstić information content (AvgIpc) is 2.26. The van der Waals surface area contributed by atoms with Gasteiger partial charge in [0.15, 0.2) is 6.07 Å². The maximum absolute atomic E-state index is 11.9. The Balaban J connectivity index is 2.68. The lowest BCUT2D eigenvalue weighted by molar-refractivity contribution is -0.143. The molecule has 1 aliphatic rings. The van der Waals surface area contributed by atoms with Crippen molar-refractivity contribution in [1.82, 2.24) is 10.6 Å². The van der Waals surface area contributed by atoms with Crippen molar-refractivity contribution >= 4 is 23.7 Å². The Kier molecular flexibility index (Phi) is 6.07. The van der Waals surface area contributed by atoms with Crippen LogP contribution in [0.4, 0.5) is 4.79 Å². The van der Waals surface area contributed by atoms with Crippen molar-refractivity contribution in [3.05, 3.63) is 0 Å². The first-order valence-corrected chi connectivity index (χ1v) is 7.23. The van der Waals surface area contributed by atoms with Crippen LogP contribution in [-0.4, -0.2) is 42.4 Å². The van der Waals surface area contributed by atoms with E-state index in [9.17, 15) is 9.59 Å². The van der Waals surface area contributed by atoms with Gasteiger partial charge in [-0.3, -0.25) is 4.79 Å². The van der Waals surface area contributed by atoms with Gasteiger partial charge in [-0.25, -0.2) is 4.79 Å². The topological polar surface area (TPSA) is 76.7 Å². The smallest absolute Gasteiger partial charge is 0.408 e. The summed E-state index contributed by atoms with van der Waals surface area (Å²) in [6.45, 7) is 6.84. The number of esters is 1. The zero-order chi connectivity index (χ0) is 15.2. The van der Waals surface area contributed by atoms with Gasteiger partial charge >= 0.3 is 12.1 Å². The zero-order valence-corrected chi connectivity index (χ0v) is 13.0. The maximum atomic E-state index is 11.9. The average molecular weight is 307 g/mol. The number of alkyl carbamates (subject to hydrolysis) is 1. The molecule has 0 spiro atoms. The lowest BCUT2D eigenvalue weighted by Gasteiger charge is -2.38. The summed E-state index contributed by atoms with van der Waals surface area (Å²) in [6, 6.07) is -0.181. The third-order valence-electron chi connectivity index (χ3n) is 3.03. The van der Waals surface area contributed by atoms with Gasteiger partial charge < -0.3 is 20.1 Å². The number of hydrogen-bond acceptors (Lipinski definition) is 5. The van der Waals surface area contributed by atoms with E-state index >= 15 is 0 Å². The predicted molar refractivity (Wildman–Crippen MR) is 75.6 cm³/mol. The van der Waals surface area contributed by atoms with Crippen molar-refractivity contribution in [1.29, 1.82) is 0 Å². The molecule has 1 heterocycles. The molecule has 0 unspecified atom stereocenters. The highest BCUT2D eigenvalue weighted by atomic mass is 35.5. The van der Waals surface area contributed by atoms with E-state index < -0.39 is 23.2 Å². The number of piperidine rings is 1. The molecule has 7 heteroatoms. The minimum atomic E-state index is -0.628. The van der Waals surface area contributed by atoms with E-state index in [2.05, 4.69) is 10.6 Å². The second-order valence-electron chi connectivity index (χ2n) is 5.96. The van der Waals surface area contributed by atoms with E-state index in [-0.39, 0.29) is 12.5 Å². The number of carbonyl (C=O) groups is 2. The summed E-state index contributed by atoms with van der Waals surface area (Å²) in [5, 5.41) is 6.03. The number of ether oxygens (including phenoxy) is 2. The molecule has 20 heavy (non-hydrogen) atoms. The highest BCUT2D eigenvalue weighted by Crippen LogP contribution is 2.24. The van der Waals surface area contributed by atoms with Crippen LogP contribution in [0.3, 0.4) is 0 Å².